The standard InChI is InChI=1S/C46H56N6O5Si/c1-32-43(56-3)38-28-35(51-31-52(34-14-10-7-11-15-34)46(45(51)54)23-25-47-26-24-46)16-21-41(38)57-44(32)42(58(4,5)37-19-17-36(55-2)18-20-37)22-27-50-29-40(48-49-50)39(30-53)33-12-8-6-9-13-33/h6-21,28-29,32,39,42-44,47,53H,22-27,30-31H2,1-5H3/t32-,39?,42?,43-,44-/m0/s1. The number of carbonyl (C=O) groups is 1. The number of nitrogens with one attached hydrogen (secondary N) is 1. The van der Waals surface area contributed by atoms with E-state index in [1.807, 2.05) is 76.4 Å². The summed E-state index contributed by atoms with van der Waals surface area (Å²) in [6, 6.07) is 35.0. The Balaban J connectivity index is 1.10. The largest absolute Gasteiger partial charge is 0.497 e. The molecule has 1 aromatic heterocycles. The van der Waals surface area contributed by atoms with Gasteiger partial charge in [-0.25, -0.2) is 0 Å². The maximum absolute atomic E-state index is 14.6. The number of rotatable bonds is 13. The Bertz CT molecular complexity index is 2160. The van der Waals surface area contributed by atoms with Gasteiger partial charge in [-0.05, 0) is 85.9 Å². The molecule has 0 bridgehead atoms. The van der Waals surface area contributed by atoms with Crippen molar-refractivity contribution in [1.82, 2.24) is 20.3 Å². The highest BCUT2D eigenvalue weighted by molar-refractivity contribution is 6.91. The molecule has 0 radical (unpaired) electrons. The zero-order valence-electron chi connectivity index (χ0n) is 34.3. The number of para-hydroxylation sites is 1. The molecule has 12 heteroatoms. The Hall–Kier alpha value is -5.01. The van der Waals surface area contributed by atoms with E-state index in [0.29, 0.717) is 13.2 Å². The summed E-state index contributed by atoms with van der Waals surface area (Å²) in [6.45, 7) is 9.76. The van der Waals surface area contributed by atoms with Crippen LogP contribution in [0.5, 0.6) is 11.5 Å². The van der Waals surface area contributed by atoms with Crippen molar-refractivity contribution in [3.05, 3.63) is 126 Å². The predicted octanol–water partition coefficient (Wildman–Crippen LogP) is 6.50. The summed E-state index contributed by atoms with van der Waals surface area (Å²) in [5.74, 6) is 1.52. The maximum Gasteiger partial charge on any atom is 0.254 e. The number of ether oxygens (including phenoxy) is 3. The van der Waals surface area contributed by atoms with E-state index >= 15 is 0 Å². The van der Waals surface area contributed by atoms with Crippen molar-refractivity contribution in [2.24, 2.45) is 5.92 Å². The van der Waals surface area contributed by atoms with Gasteiger partial charge in [0, 0.05) is 42.7 Å². The van der Waals surface area contributed by atoms with Gasteiger partial charge in [0.15, 0.2) is 0 Å². The van der Waals surface area contributed by atoms with E-state index in [0.717, 1.165) is 72.0 Å². The number of hydrogen-bond donors (Lipinski definition) is 2. The Morgan fingerprint density at radius 3 is 2.33 bits per heavy atom. The molecule has 5 aromatic rings. The molecule has 0 aliphatic carbocycles. The van der Waals surface area contributed by atoms with Crippen molar-refractivity contribution < 1.29 is 24.1 Å². The van der Waals surface area contributed by atoms with E-state index in [2.05, 4.69) is 83.0 Å². The lowest BCUT2D eigenvalue weighted by molar-refractivity contribution is -0.122. The number of methoxy groups -OCH3 is 2. The van der Waals surface area contributed by atoms with Crippen molar-refractivity contribution in [3.63, 3.8) is 0 Å². The number of nitrogens with zero attached hydrogens (tertiary/aromatic N) is 5. The molecule has 3 aliphatic rings. The molecule has 1 spiro atoms. The Morgan fingerprint density at radius 1 is 0.948 bits per heavy atom. The summed E-state index contributed by atoms with van der Waals surface area (Å²) >= 11 is 0. The van der Waals surface area contributed by atoms with E-state index in [1.54, 1.807) is 14.2 Å². The molecule has 58 heavy (non-hydrogen) atoms. The average Bonchev–Trinajstić information content (AvgIpc) is 3.83. The number of fused-ring (bicyclic) bond motifs is 1. The van der Waals surface area contributed by atoms with Crippen molar-refractivity contribution in [2.45, 2.75) is 75.0 Å². The molecule has 2 unspecified atom stereocenters. The molecule has 2 fully saturated rings. The fourth-order valence-electron chi connectivity index (χ4n) is 9.78. The topological polar surface area (TPSA) is 114 Å². The summed E-state index contributed by atoms with van der Waals surface area (Å²) in [7, 11) is 1.21. The minimum Gasteiger partial charge on any atom is -0.497 e. The molecule has 0 saturated carbocycles. The van der Waals surface area contributed by atoms with Gasteiger partial charge in [0.2, 0.25) is 0 Å². The second-order valence-electron chi connectivity index (χ2n) is 16.6. The van der Waals surface area contributed by atoms with Crippen LogP contribution in [-0.2, 0) is 16.1 Å². The number of piperidine rings is 1. The highest BCUT2D eigenvalue weighted by Crippen LogP contribution is 2.49. The summed E-state index contributed by atoms with van der Waals surface area (Å²) in [6.07, 6.45) is 3.87. The quantitative estimate of drug-likeness (QED) is 0.129. The van der Waals surface area contributed by atoms with E-state index in [4.69, 9.17) is 14.2 Å². The van der Waals surface area contributed by atoms with E-state index in [-0.39, 0.29) is 42.1 Å². The smallest absolute Gasteiger partial charge is 0.254 e. The number of anilines is 2. The lowest BCUT2D eigenvalue weighted by Crippen LogP contribution is -2.55. The van der Waals surface area contributed by atoms with Crippen molar-refractivity contribution in [2.75, 3.05) is 50.4 Å². The normalized spacial score (nSPS) is 21.4. The number of aromatic nitrogens is 3. The van der Waals surface area contributed by atoms with Crippen molar-refractivity contribution in [1.29, 1.82) is 0 Å². The van der Waals surface area contributed by atoms with Crippen LogP contribution in [0.25, 0.3) is 0 Å². The first-order valence-electron chi connectivity index (χ1n) is 20.6. The molecule has 1 amide bonds. The second kappa shape index (κ2) is 16.7. The van der Waals surface area contributed by atoms with Crippen LogP contribution in [-0.4, -0.2) is 86.3 Å². The number of aliphatic hydroxyl groups excluding tert-OH is 1. The highest BCUT2D eigenvalue weighted by Gasteiger charge is 2.54. The number of amides is 1. The second-order valence-corrected chi connectivity index (χ2v) is 21.4. The van der Waals surface area contributed by atoms with Gasteiger partial charge in [0.25, 0.3) is 5.91 Å². The van der Waals surface area contributed by atoms with Gasteiger partial charge in [0.05, 0.1) is 46.2 Å². The van der Waals surface area contributed by atoms with Crippen LogP contribution in [0.3, 0.4) is 0 Å². The van der Waals surface area contributed by atoms with Crippen LogP contribution in [0.4, 0.5) is 11.4 Å². The lowest BCUT2D eigenvalue weighted by atomic mass is 9.85. The molecule has 2 N–H and O–H groups in total. The summed E-state index contributed by atoms with van der Waals surface area (Å²) in [5.41, 5.74) is 4.21. The first-order valence-corrected chi connectivity index (χ1v) is 23.7. The lowest BCUT2D eigenvalue weighted by Gasteiger charge is -2.46. The fourth-order valence-corrected chi connectivity index (χ4v) is 13.3. The minimum absolute atomic E-state index is 0.00297. The molecule has 4 heterocycles. The summed E-state index contributed by atoms with van der Waals surface area (Å²) < 4.78 is 21.0. The van der Waals surface area contributed by atoms with Crippen LogP contribution < -0.4 is 29.8 Å². The first-order chi connectivity index (χ1) is 28.2. The van der Waals surface area contributed by atoms with E-state index in [9.17, 15) is 9.90 Å². The molecule has 304 valence electrons. The van der Waals surface area contributed by atoms with Crippen LogP contribution in [0.2, 0.25) is 18.6 Å². The first kappa shape index (κ1) is 39.8. The van der Waals surface area contributed by atoms with Gasteiger partial charge in [-0.2, -0.15) is 0 Å². The summed E-state index contributed by atoms with van der Waals surface area (Å²) in [5, 5.41) is 24.2. The Morgan fingerprint density at radius 2 is 1.66 bits per heavy atom. The monoisotopic (exact) mass is 800 g/mol. The van der Waals surface area contributed by atoms with Gasteiger partial charge in [-0.1, -0.05) is 91.1 Å². The number of aryl methyl sites for hydroxylation is 1. The molecule has 4 aromatic carbocycles. The van der Waals surface area contributed by atoms with Crippen molar-refractivity contribution in [3.8, 4) is 11.5 Å². The average molecular weight is 801 g/mol. The molecule has 8 rings (SSSR count). The van der Waals surface area contributed by atoms with Gasteiger partial charge >= 0.3 is 0 Å². The predicted molar refractivity (Wildman–Crippen MR) is 230 cm³/mol. The molecule has 5 atom stereocenters. The van der Waals surface area contributed by atoms with E-state index < -0.39 is 13.6 Å². The van der Waals surface area contributed by atoms with Gasteiger partial charge in [0.1, 0.15) is 23.1 Å². The molecule has 2 saturated heterocycles. The number of hydrogen-bond acceptors (Lipinski definition) is 9. The molecule has 3 aliphatic heterocycles. The Kier molecular flexibility index (Phi) is 11.5. The van der Waals surface area contributed by atoms with E-state index in [1.165, 1.54) is 5.19 Å². The number of carbonyl (C=O) groups excluding carboxylic acids is 1. The number of benzene rings is 4. The third kappa shape index (κ3) is 7.31. The van der Waals surface area contributed by atoms with Crippen LogP contribution in [0, 0.1) is 5.92 Å². The number of aliphatic hydroxyl groups is 1. The third-order valence-electron chi connectivity index (χ3n) is 13.2. The third-order valence-corrected chi connectivity index (χ3v) is 17.5. The molecule has 11 nitrogen and oxygen atoms in total. The zero-order chi connectivity index (χ0) is 40.4. The van der Waals surface area contributed by atoms with Gasteiger partial charge < -0.3 is 29.5 Å². The van der Waals surface area contributed by atoms with Gasteiger partial charge in [-0.15, -0.1) is 5.10 Å². The fraction of sp³-hybridized carbons (Fsp3) is 0.413. The van der Waals surface area contributed by atoms with Gasteiger partial charge in [-0.3, -0.25) is 14.4 Å². The van der Waals surface area contributed by atoms with Crippen molar-refractivity contribution >= 4 is 30.5 Å². The highest BCUT2D eigenvalue weighted by atomic mass is 28.3. The SMILES string of the molecule is COc1ccc([Si](C)(C)C(CCn2cc(C(CO)c3ccccc3)nn2)[C@H]2Oc3ccc(N4CN(c5ccccc5)C5(CCNCC5)C4=O)cc3[C@@H](OC)[C@@H]2C)cc1. The molecular formula is C46H56N6O5Si. The zero-order valence-corrected chi connectivity index (χ0v) is 35.3. The van der Waals surface area contributed by atoms with Crippen LogP contribution in [0.1, 0.15) is 55.0 Å². The summed E-state index contributed by atoms with van der Waals surface area (Å²) in [4.78, 5) is 18.8. The maximum atomic E-state index is 14.6. The molecular weight excluding hydrogens is 745 g/mol. The Labute approximate surface area is 342 Å². The van der Waals surface area contributed by atoms with Crippen LogP contribution >= 0.6 is 0 Å². The van der Waals surface area contributed by atoms with Crippen LogP contribution in [0.15, 0.2) is 109 Å². The minimum atomic E-state index is -2.27.